The normalized spacial score (nSPS) is 10.1. The summed E-state index contributed by atoms with van der Waals surface area (Å²) in [4.78, 5) is 12.9. The number of thiophene rings is 1. The van der Waals surface area contributed by atoms with Crippen LogP contribution in [0.5, 0.6) is 0 Å². The number of nitrogen functional groups attached to an aromatic ring is 1. The van der Waals surface area contributed by atoms with Crippen LogP contribution >= 0.6 is 11.3 Å². The van der Waals surface area contributed by atoms with Crippen molar-refractivity contribution < 1.29 is 9.53 Å². The van der Waals surface area contributed by atoms with E-state index in [2.05, 4.69) is 11.7 Å². The average Bonchev–Trinajstić information content (AvgIpc) is 2.55. The third-order valence-electron chi connectivity index (χ3n) is 1.96. The Labute approximate surface area is 87.9 Å². The summed E-state index contributed by atoms with van der Waals surface area (Å²) in [6.45, 7) is 2.14. The van der Waals surface area contributed by atoms with E-state index in [0.29, 0.717) is 10.6 Å². The van der Waals surface area contributed by atoms with Gasteiger partial charge in [-0.1, -0.05) is 13.3 Å². The number of ether oxygens (including phenoxy) is 1. The fourth-order valence-electron chi connectivity index (χ4n) is 1.18. The molecule has 0 bridgehead atoms. The van der Waals surface area contributed by atoms with Gasteiger partial charge in [0.15, 0.2) is 0 Å². The van der Waals surface area contributed by atoms with Crippen molar-refractivity contribution in [2.75, 3.05) is 12.8 Å². The molecule has 1 rings (SSSR count). The van der Waals surface area contributed by atoms with Crippen LogP contribution in [0.4, 0.5) is 5.69 Å². The van der Waals surface area contributed by atoms with Crippen LogP contribution in [0.15, 0.2) is 6.07 Å². The van der Waals surface area contributed by atoms with Gasteiger partial charge in [-0.25, -0.2) is 4.79 Å². The molecule has 0 spiro atoms. The Morgan fingerprint density at radius 2 is 2.36 bits per heavy atom. The van der Waals surface area contributed by atoms with Crippen LogP contribution < -0.4 is 5.73 Å². The monoisotopic (exact) mass is 213 g/mol. The van der Waals surface area contributed by atoms with Gasteiger partial charge in [-0.2, -0.15) is 0 Å². The second-order valence-electron chi connectivity index (χ2n) is 3.09. The van der Waals surface area contributed by atoms with Crippen LogP contribution in [0, 0.1) is 0 Å². The van der Waals surface area contributed by atoms with Crippen LogP contribution in [0.25, 0.3) is 0 Å². The summed E-state index contributed by atoms with van der Waals surface area (Å²) in [5.41, 5.74) is 6.23. The minimum atomic E-state index is -0.338. The van der Waals surface area contributed by atoms with E-state index in [9.17, 15) is 4.79 Å². The van der Waals surface area contributed by atoms with E-state index in [1.807, 2.05) is 6.07 Å². The van der Waals surface area contributed by atoms with Crippen molar-refractivity contribution in [1.82, 2.24) is 0 Å². The smallest absolute Gasteiger partial charge is 0.350 e. The van der Waals surface area contributed by atoms with Crippen LogP contribution in [0.2, 0.25) is 0 Å². The van der Waals surface area contributed by atoms with Crippen LogP contribution in [-0.4, -0.2) is 13.1 Å². The molecule has 0 saturated heterocycles. The largest absolute Gasteiger partial charge is 0.465 e. The molecule has 0 aliphatic carbocycles. The summed E-state index contributed by atoms with van der Waals surface area (Å²) in [6, 6.07) is 1.87. The molecular formula is C10H15NO2S. The van der Waals surface area contributed by atoms with Gasteiger partial charge in [0, 0.05) is 4.88 Å². The van der Waals surface area contributed by atoms with Gasteiger partial charge in [0.1, 0.15) is 4.88 Å². The molecule has 0 atom stereocenters. The number of carbonyl (C=O) groups excluding carboxylic acids is 1. The molecule has 3 nitrogen and oxygen atoms in total. The Morgan fingerprint density at radius 3 is 2.93 bits per heavy atom. The zero-order valence-electron chi connectivity index (χ0n) is 8.50. The minimum absolute atomic E-state index is 0.338. The Morgan fingerprint density at radius 1 is 1.64 bits per heavy atom. The molecule has 0 aromatic carbocycles. The third kappa shape index (κ3) is 2.48. The zero-order valence-corrected chi connectivity index (χ0v) is 9.32. The molecule has 0 fully saturated rings. The van der Waals surface area contributed by atoms with Gasteiger partial charge < -0.3 is 10.5 Å². The van der Waals surface area contributed by atoms with Crippen molar-refractivity contribution in [3.8, 4) is 0 Å². The van der Waals surface area contributed by atoms with Gasteiger partial charge >= 0.3 is 5.97 Å². The van der Waals surface area contributed by atoms with Crippen LogP contribution in [0.1, 0.15) is 34.3 Å². The first-order valence-electron chi connectivity index (χ1n) is 4.65. The lowest BCUT2D eigenvalue weighted by Crippen LogP contribution is -2.00. The molecule has 0 amide bonds. The first kappa shape index (κ1) is 11.0. The van der Waals surface area contributed by atoms with E-state index >= 15 is 0 Å². The second kappa shape index (κ2) is 5.00. The number of aryl methyl sites for hydroxylation is 1. The van der Waals surface area contributed by atoms with Gasteiger partial charge in [-0.15, -0.1) is 11.3 Å². The molecule has 2 N–H and O–H groups in total. The van der Waals surface area contributed by atoms with Gasteiger partial charge in [0.2, 0.25) is 0 Å². The predicted octanol–water partition coefficient (Wildman–Crippen LogP) is 2.46. The number of methoxy groups -OCH3 is 1. The van der Waals surface area contributed by atoms with Crippen molar-refractivity contribution in [3.05, 3.63) is 15.8 Å². The maximum atomic E-state index is 11.2. The fourth-order valence-corrected chi connectivity index (χ4v) is 2.22. The number of carbonyl (C=O) groups is 1. The molecule has 1 heterocycles. The average molecular weight is 213 g/mol. The Hall–Kier alpha value is -1.03. The standard InChI is InChI=1S/C10H15NO2S/c1-3-4-5-7-6-8(11)9(14-7)10(12)13-2/h6H,3-5,11H2,1-2H3. The van der Waals surface area contributed by atoms with Crippen molar-refractivity contribution >= 4 is 23.0 Å². The van der Waals surface area contributed by atoms with Gasteiger partial charge in [-0.3, -0.25) is 0 Å². The molecule has 0 saturated carbocycles. The first-order valence-corrected chi connectivity index (χ1v) is 5.47. The fraction of sp³-hybridized carbons (Fsp3) is 0.500. The number of anilines is 1. The Kier molecular flexibility index (Phi) is 3.95. The lowest BCUT2D eigenvalue weighted by atomic mass is 10.2. The lowest BCUT2D eigenvalue weighted by Gasteiger charge is -1.94. The van der Waals surface area contributed by atoms with Crippen molar-refractivity contribution in [2.45, 2.75) is 26.2 Å². The van der Waals surface area contributed by atoms with Crippen molar-refractivity contribution in [1.29, 1.82) is 0 Å². The Balaban J connectivity index is 2.77. The van der Waals surface area contributed by atoms with E-state index in [0.717, 1.165) is 24.1 Å². The zero-order chi connectivity index (χ0) is 10.6. The van der Waals surface area contributed by atoms with Crippen molar-refractivity contribution in [2.24, 2.45) is 0 Å². The SMILES string of the molecule is CCCCc1cc(N)c(C(=O)OC)s1. The number of unbranched alkanes of at least 4 members (excludes halogenated alkanes) is 1. The molecule has 1 aromatic rings. The summed E-state index contributed by atoms with van der Waals surface area (Å²) < 4.78 is 4.63. The number of hydrogen-bond acceptors (Lipinski definition) is 4. The number of hydrogen-bond donors (Lipinski definition) is 1. The highest BCUT2D eigenvalue weighted by atomic mass is 32.1. The molecular weight excluding hydrogens is 198 g/mol. The molecule has 0 unspecified atom stereocenters. The maximum absolute atomic E-state index is 11.2. The second-order valence-corrected chi connectivity index (χ2v) is 4.23. The predicted molar refractivity (Wildman–Crippen MR) is 58.7 cm³/mol. The molecule has 4 heteroatoms. The molecule has 78 valence electrons. The molecule has 0 aliphatic heterocycles. The van der Waals surface area contributed by atoms with Gasteiger partial charge in [0.05, 0.1) is 12.8 Å². The van der Waals surface area contributed by atoms with E-state index in [1.54, 1.807) is 0 Å². The molecule has 0 aliphatic rings. The van der Waals surface area contributed by atoms with Crippen LogP contribution in [0.3, 0.4) is 0 Å². The summed E-state index contributed by atoms with van der Waals surface area (Å²) in [7, 11) is 1.37. The van der Waals surface area contributed by atoms with E-state index in [-0.39, 0.29) is 5.97 Å². The van der Waals surface area contributed by atoms with E-state index in [4.69, 9.17) is 5.73 Å². The summed E-state index contributed by atoms with van der Waals surface area (Å²) in [5.74, 6) is -0.338. The van der Waals surface area contributed by atoms with Crippen LogP contribution in [-0.2, 0) is 11.2 Å². The summed E-state index contributed by atoms with van der Waals surface area (Å²) in [6.07, 6.45) is 3.26. The Bertz CT molecular complexity index is 320. The highest BCUT2D eigenvalue weighted by molar-refractivity contribution is 7.14. The minimum Gasteiger partial charge on any atom is -0.465 e. The lowest BCUT2D eigenvalue weighted by molar-refractivity contribution is 0.0607. The summed E-state index contributed by atoms with van der Waals surface area (Å²) >= 11 is 1.43. The molecule has 0 radical (unpaired) electrons. The summed E-state index contributed by atoms with van der Waals surface area (Å²) in [5, 5.41) is 0. The number of rotatable bonds is 4. The van der Waals surface area contributed by atoms with Gasteiger partial charge in [-0.05, 0) is 18.9 Å². The highest BCUT2D eigenvalue weighted by Gasteiger charge is 2.13. The van der Waals surface area contributed by atoms with Gasteiger partial charge in [0.25, 0.3) is 0 Å². The van der Waals surface area contributed by atoms with Crippen molar-refractivity contribution in [3.63, 3.8) is 0 Å². The third-order valence-corrected chi connectivity index (χ3v) is 3.15. The first-order chi connectivity index (χ1) is 6.69. The molecule has 1 aromatic heterocycles. The quantitative estimate of drug-likeness (QED) is 0.782. The molecule has 14 heavy (non-hydrogen) atoms. The number of esters is 1. The topological polar surface area (TPSA) is 52.3 Å². The highest BCUT2D eigenvalue weighted by Crippen LogP contribution is 2.26. The van der Waals surface area contributed by atoms with E-state index in [1.165, 1.54) is 18.4 Å². The maximum Gasteiger partial charge on any atom is 0.350 e. The van der Waals surface area contributed by atoms with E-state index < -0.39 is 0 Å². The number of nitrogens with two attached hydrogens (primary N) is 1.